The van der Waals surface area contributed by atoms with Crippen LogP contribution in [0.1, 0.15) is 29.3 Å². The lowest BCUT2D eigenvalue weighted by Gasteiger charge is -2.23. The summed E-state index contributed by atoms with van der Waals surface area (Å²) in [6, 6.07) is 1.69. The van der Waals surface area contributed by atoms with Crippen LogP contribution >= 0.6 is 11.6 Å². The normalized spacial score (nSPS) is 19.1. The van der Waals surface area contributed by atoms with Gasteiger partial charge in [0.2, 0.25) is 0 Å². The number of alkyl halides is 3. The molecule has 0 N–H and O–H groups in total. The van der Waals surface area contributed by atoms with Crippen molar-refractivity contribution in [1.82, 2.24) is 0 Å². The zero-order valence-electron chi connectivity index (χ0n) is 12.0. The SMILES string of the molecule is CCC(=O)C1C(=O)c2cc(Cl)cc(C(F)(F)F)c2N=C1S(C)=O. The van der Waals surface area contributed by atoms with Crippen LogP contribution in [0, 0.1) is 5.92 Å². The lowest BCUT2D eigenvalue weighted by Crippen LogP contribution is -2.36. The Bertz CT molecular complexity index is 758. The maximum atomic E-state index is 13.2. The molecule has 124 valence electrons. The molecule has 0 aromatic heterocycles. The number of rotatable bonds is 2. The van der Waals surface area contributed by atoms with Crippen molar-refractivity contribution in [2.45, 2.75) is 19.5 Å². The first-order valence-corrected chi connectivity index (χ1v) is 8.41. The Balaban J connectivity index is 2.81. The Morgan fingerprint density at radius 1 is 1.39 bits per heavy atom. The Kier molecular flexibility index (Phi) is 4.77. The zero-order chi connectivity index (χ0) is 17.5. The monoisotopic (exact) mass is 365 g/mol. The summed E-state index contributed by atoms with van der Waals surface area (Å²) in [5, 5.41) is -0.648. The molecule has 0 aliphatic carbocycles. The Morgan fingerprint density at radius 2 is 2.00 bits per heavy atom. The zero-order valence-corrected chi connectivity index (χ0v) is 13.6. The summed E-state index contributed by atoms with van der Waals surface area (Å²) in [6.07, 6.45) is -3.66. The summed E-state index contributed by atoms with van der Waals surface area (Å²) in [5.74, 6) is -2.85. The van der Waals surface area contributed by atoms with Crippen LogP contribution in [0.25, 0.3) is 0 Å². The molecule has 0 saturated heterocycles. The van der Waals surface area contributed by atoms with Crippen molar-refractivity contribution in [3.8, 4) is 0 Å². The van der Waals surface area contributed by atoms with E-state index in [-0.39, 0.29) is 22.1 Å². The molecule has 4 nitrogen and oxygen atoms in total. The van der Waals surface area contributed by atoms with Crippen molar-refractivity contribution in [3.63, 3.8) is 0 Å². The summed E-state index contributed by atoms with van der Waals surface area (Å²) in [4.78, 5) is 28.2. The van der Waals surface area contributed by atoms with E-state index >= 15 is 0 Å². The molecule has 0 bridgehead atoms. The maximum Gasteiger partial charge on any atom is 0.418 e. The molecule has 23 heavy (non-hydrogen) atoms. The van der Waals surface area contributed by atoms with Gasteiger partial charge < -0.3 is 0 Å². The average Bonchev–Trinajstić information content (AvgIpc) is 2.45. The van der Waals surface area contributed by atoms with Crippen molar-refractivity contribution in [2.75, 3.05) is 6.26 Å². The van der Waals surface area contributed by atoms with Gasteiger partial charge in [0.15, 0.2) is 5.78 Å². The van der Waals surface area contributed by atoms with Crippen molar-refractivity contribution in [2.24, 2.45) is 10.9 Å². The van der Waals surface area contributed by atoms with Gasteiger partial charge in [0.25, 0.3) is 0 Å². The molecule has 1 aliphatic rings. The van der Waals surface area contributed by atoms with E-state index in [1.165, 1.54) is 6.92 Å². The molecule has 1 aromatic rings. The van der Waals surface area contributed by atoms with Gasteiger partial charge >= 0.3 is 6.18 Å². The Hall–Kier alpha value is -1.54. The van der Waals surface area contributed by atoms with Crippen molar-refractivity contribution < 1.29 is 27.0 Å². The smallest absolute Gasteiger partial charge is 0.298 e. The fourth-order valence-electron chi connectivity index (χ4n) is 2.28. The second-order valence-electron chi connectivity index (χ2n) is 4.87. The van der Waals surface area contributed by atoms with Gasteiger partial charge in [-0.3, -0.25) is 13.8 Å². The fraction of sp³-hybridized carbons (Fsp3) is 0.357. The highest BCUT2D eigenvalue weighted by atomic mass is 35.5. The molecule has 2 unspecified atom stereocenters. The van der Waals surface area contributed by atoms with Gasteiger partial charge in [0, 0.05) is 23.3 Å². The molecule has 0 amide bonds. The van der Waals surface area contributed by atoms with Gasteiger partial charge in [0.05, 0.1) is 22.1 Å². The third-order valence-electron chi connectivity index (χ3n) is 3.34. The summed E-state index contributed by atoms with van der Waals surface area (Å²) in [5.41, 5.74) is -2.22. The molecule has 1 aromatic carbocycles. The van der Waals surface area contributed by atoms with Crippen LogP contribution in [0.5, 0.6) is 0 Å². The number of ketones is 2. The van der Waals surface area contributed by atoms with Gasteiger partial charge in [0.1, 0.15) is 16.7 Å². The van der Waals surface area contributed by atoms with Crippen molar-refractivity contribution >= 4 is 44.7 Å². The summed E-state index contributed by atoms with van der Waals surface area (Å²) >= 11 is 5.67. The molecule has 2 rings (SSSR count). The van der Waals surface area contributed by atoms with E-state index in [1.807, 2.05) is 0 Å². The third-order valence-corrected chi connectivity index (χ3v) is 4.48. The minimum absolute atomic E-state index is 0.0331. The summed E-state index contributed by atoms with van der Waals surface area (Å²) < 4.78 is 51.2. The fourth-order valence-corrected chi connectivity index (χ4v) is 3.29. The Labute approximate surface area is 137 Å². The Morgan fingerprint density at radius 3 is 2.48 bits per heavy atom. The minimum atomic E-state index is -4.79. The van der Waals surface area contributed by atoms with E-state index in [2.05, 4.69) is 4.99 Å². The maximum absolute atomic E-state index is 13.2. The number of nitrogens with zero attached hydrogens (tertiary/aromatic N) is 1. The molecular weight excluding hydrogens is 355 g/mol. The largest absolute Gasteiger partial charge is 0.418 e. The lowest BCUT2D eigenvalue weighted by atomic mass is 9.88. The van der Waals surface area contributed by atoms with Crippen molar-refractivity contribution in [1.29, 1.82) is 0 Å². The second kappa shape index (κ2) is 6.16. The number of benzene rings is 1. The quantitative estimate of drug-likeness (QED) is 0.753. The highest BCUT2D eigenvalue weighted by Gasteiger charge is 2.43. The van der Waals surface area contributed by atoms with E-state index in [1.54, 1.807) is 0 Å². The number of Topliss-reactive ketones (excluding diaryl/α,β-unsaturated/α-hetero) is 2. The van der Waals surface area contributed by atoms with Crippen LogP contribution < -0.4 is 0 Å². The molecular formula is C14H11ClF3NO3S. The molecule has 1 heterocycles. The summed E-state index contributed by atoms with van der Waals surface area (Å²) in [6.45, 7) is 1.50. The first-order chi connectivity index (χ1) is 10.6. The highest BCUT2D eigenvalue weighted by Crippen LogP contribution is 2.43. The molecule has 0 fully saturated rings. The van der Waals surface area contributed by atoms with Crippen LogP contribution in [0.2, 0.25) is 5.02 Å². The van der Waals surface area contributed by atoms with Gasteiger partial charge in [-0.25, -0.2) is 4.99 Å². The van der Waals surface area contributed by atoms with E-state index in [0.29, 0.717) is 6.07 Å². The highest BCUT2D eigenvalue weighted by molar-refractivity contribution is 8.00. The topological polar surface area (TPSA) is 63.6 Å². The predicted molar refractivity (Wildman–Crippen MR) is 80.7 cm³/mol. The van der Waals surface area contributed by atoms with Gasteiger partial charge in [-0.2, -0.15) is 13.2 Å². The van der Waals surface area contributed by atoms with E-state index in [0.717, 1.165) is 12.3 Å². The number of aliphatic imine (C=N–C) groups is 1. The van der Waals surface area contributed by atoms with Gasteiger partial charge in [-0.1, -0.05) is 18.5 Å². The molecule has 9 heteroatoms. The second-order valence-corrected chi connectivity index (χ2v) is 6.63. The number of halogens is 4. The van der Waals surface area contributed by atoms with Gasteiger partial charge in [-0.05, 0) is 12.1 Å². The van der Waals surface area contributed by atoms with E-state index in [9.17, 15) is 27.0 Å². The average molecular weight is 366 g/mol. The molecule has 0 radical (unpaired) electrons. The number of hydrogen-bond acceptors (Lipinski definition) is 4. The molecule has 1 aliphatic heterocycles. The van der Waals surface area contributed by atoms with Crippen LogP contribution in [0.15, 0.2) is 17.1 Å². The van der Waals surface area contributed by atoms with Gasteiger partial charge in [-0.15, -0.1) is 0 Å². The van der Waals surface area contributed by atoms with Crippen molar-refractivity contribution in [3.05, 3.63) is 28.3 Å². The number of carbonyl (C=O) groups excluding carboxylic acids is 2. The number of carbonyl (C=O) groups is 2. The van der Waals surface area contributed by atoms with Crippen LogP contribution in [-0.4, -0.2) is 27.1 Å². The number of fused-ring (bicyclic) bond motifs is 1. The molecule has 2 atom stereocenters. The van der Waals surface area contributed by atoms with E-state index in [4.69, 9.17) is 11.6 Å². The molecule has 0 spiro atoms. The molecule has 0 saturated carbocycles. The summed E-state index contributed by atoms with van der Waals surface area (Å²) in [7, 11) is -1.86. The van der Waals surface area contributed by atoms with Crippen LogP contribution in [0.3, 0.4) is 0 Å². The minimum Gasteiger partial charge on any atom is -0.298 e. The number of hydrogen-bond donors (Lipinski definition) is 0. The first-order valence-electron chi connectivity index (χ1n) is 6.47. The lowest BCUT2D eigenvalue weighted by molar-refractivity contribution is -0.137. The predicted octanol–water partition coefficient (Wildman–Crippen LogP) is 3.56. The first kappa shape index (κ1) is 17.8. The third kappa shape index (κ3) is 3.23. The van der Waals surface area contributed by atoms with Crippen LogP contribution in [0.4, 0.5) is 18.9 Å². The standard InChI is InChI=1S/C14H11ClF3NO3S/c1-3-9(20)10-12(21)7-4-6(15)5-8(14(16,17)18)11(7)19-13(10)23(2)22/h4-5,10H,3H2,1-2H3. The van der Waals surface area contributed by atoms with E-state index < -0.39 is 45.7 Å². The van der Waals surface area contributed by atoms with Crippen LogP contribution in [-0.2, 0) is 21.8 Å².